The van der Waals surface area contributed by atoms with E-state index in [1.165, 1.54) is 22.7 Å². The molecule has 2 fully saturated rings. The summed E-state index contributed by atoms with van der Waals surface area (Å²) in [7, 11) is -2.18. The highest BCUT2D eigenvalue weighted by Gasteiger charge is 2.50. The van der Waals surface area contributed by atoms with Gasteiger partial charge in [0, 0.05) is 37.7 Å². The van der Waals surface area contributed by atoms with Crippen molar-refractivity contribution in [1.82, 2.24) is 24.1 Å². The number of amides is 2. The number of nitrogens with zero attached hydrogens (tertiary/aromatic N) is 4. The van der Waals surface area contributed by atoms with Crippen molar-refractivity contribution in [2.24, 2.45) is 5.41 Å². The smallest absolute Gasteiger partial charge is 0.323 e. The van der Waals surface area contributed by atoms with Crippen molar-refractivity contribution in [1.29, 1.82) is 0 Å². The molecule has 1 aromatic heterocycles. The van der Waals surface area contributed by atoms with Gasteiger partial charge in [0.15, 0.2) is 0 Å². The summed E-state index contributed by atoms with van der Waals surface area (Å²) in [6, 6.07) is 9.50. The minimum atomic E-state index is -3.61. The van der Waals surface area contributed by atoms with Crippen LogP contribution in [0.1, 0.15) is 19.3 Å². The lowest BCUT2D eigenvalue weighted by atomic mass is 9.73. The van der Waals surface area contributed by atoms with Crippen LogP contribution in [-0.4, -0.2) is 60.5 Å². The largest absolute Gasteiger partial charge is 0.324 e. The summed E-state index contributed by atoms with van der Waals surface area (Å²) in [6.07, 6.45) is 10.1. The molecule has 2 aromatic rings. The monoisotopic (exact) mass is 498 g/mol. The Kier molecular flexibility index (Phi) is 6.00. The van der Waals surface area contributed by atoms with Gasteiger partial charge in [-0.3, -0.25) is 9.62 Å². The van der Waals surface area contributed by atoms with Crippen LogP contribution < -0.4 is 10.0 Å². The molecule has 34 heavy (non-hydrogen) atoms. The molecule has 3 heterocycles. The lowest BCUT2D eigenvalue weighted by Crippen LogP contribution is -2.47. The van der Waals surface area contributed by atoms with Crippen LogP contribution in [-0.2, 0) is 10.2 Å². The predicted octanol–water partition coefficient (Wildman–Crippen LogP) is 3.37. The number of carbonyl (C=O) groups excluding carboxylic acids is 1. The summed E-state index contributed by atoms with van der Waals surface area (Å²) in [5.41, 5.74) is 2.43. The Balaban J connectivity index is 1.28. The average Bonchev–Trinajstić information content (AvgIpc) is 3.34. The number of fused-ring (bicyclic) bond motifs is 2. The van der Waals surface area contributed by atoms with Gasteiger partial charge in [0.1, 0.15) is 5.01 Å². The van der Waals surface area contributed by atoms with E-state index in [0.29, 0.717) is 44.0 Å². The number of rotatable bonds is 4. The summed E-state index contributed by atoms with van der Waals surface area (Å²) >= 11 is 1.33. The number of nitrogens with one attached hydrogen (secondary N) is 2. The molecule has 0 saturated carbocycles. The van der Waals surface area contributed by atoms with Crippen LogP contribution in [0.15, 0.2) is 65.9 Å². The Morgan fingerprint density at radius 1 is 1.15 bits per heavy atom. The highest BCUT2D eigenvalue weighted by atomic mass is 32.2. The van der Waals surface area contributed by atoms with E-state index in [1.807, 2.05) is 54.6 Å². The minimum Gasteiger partial charge on any atom is -0.324 e. The van der Waals surface area contributed by atoms with Crippen molar-refractivity contribution in [2.45, 2.75) is 19.3 Å². The Hall–Kier alpha value is -3.02. The number of carbonyl (C=O) groups is 1. The van der Waals surface area contributed by atoms with E-state index < -0.39 is 10.2 Å². The summed E-state index contributed by atoms with van der Waals surface area (Å²) in [5, 5.41) is 12.4. The predicted molar refractivity (Wildman–Crippen MR) is 132 cm³/mol. The number of piperidine rings is 1. The number of hydrogen-bond acceptors (Lipinski definition) is 6. The Bertz CT molecular complexity index is 1270. The molecule has 0 unspecified atom stereocenters. The first kappa shape index (κ1) is 22.8. The van der Waals surface area contributed by atoms with Crippen LogP contribution in [0, 0.1) is 5.41 Å². The van der Waals surface area contributed by atoms with Gasteiger partial charge in [-0.1, -0.05) is 66.0 Å². The zero-order valence-corrected chi connectivity index (χ0v) is 20.4. The fourth-order valence-electron chi connectivity index (χ4n) is 4.78. The van der Waals surface area contributed by atoms with Gasteiger partial charge < -0.3 is 4.90 Å². The van der Waals surface area contributed by atoms with Gasteiger partial charge >= 0.3 is 16.2 Å². The van der Waals surface area contributed by atoms with Crippen molar-refractivity contribution in [3.63, 3.8) is 0 Å². The molecular formula is C23H26N6O3S2. The summed E-state index contributed by atoms with van der Waals surface area (Å²) < 4.78 is 29.4. The van der Waals surface area contributed by atoms with Gasteiger partial charge in [-0.25, -0.2) is 9.52 Å². The second kappa shape index (κ2) is 8.97. The normalized spacial score (nSPS) is 19.4. The number of allylic oxidation sites excluding steroid dienone is 5. The molecule has 1 aromatic carbocycles. The molecule has 2 saturated heterocycles. The number of benzene rings is 1. The van der Waals surface area contributed by atoms with Crippen molar-refractivity contribution in [2.75, 3.05) is 32.0 Å². The van der Waals surface area contributed by atoms with Crippen LogP contribution >= 0.6 is 11.3 Å². The van der Waals surface area contributed by atoms with Gasteiger partial charge in [0.2, 0.25) is 5.13 Å². The molecular weight excluding hydrogens is 472 g/mol. The molecule has 2 N–H and O–H groups in total. The zero-order valence-electron chi connectivity index (χ0n) is 18.8. The Labute approximate surface area is 203 Å². The van der Waals surface area contributed by atoms with Crippen LogP contribution in [0.5, 0.6) is 0 Å². The molecule has 2 amide bonds. The molecule has 5 rings (SSSR count). The first-order valence-corrected chi connectivity index (χ1v) is 13.4. The Morgan fingerprint density at radius 3 is 2.65 bits per heavy atom. The number of likely N-dealkylation sites (tertiary alicyclic amines) is 1. The quantitative estimate of drug-likeness (QED) is 0.672. The number of hydrogen-bond donors (Lipinski definition) is 2. The molecule has 9 nitrogen and oxygen atoms in total. The van der Waals surface area contributed by atoms with E-state index in [9.17, 15) is 13.2 Å². The summed E-state index contributed by atoms with van der Waals surface area (Å²) in [6.45, 7) is 1.43. The highest BCUT2D eigenvalue weighted by molar-refractivity contribution is 7.87. The number of urea groups is 1. The molecule has 178 valence electrons. The maximum Gasteiger partial charge on any atom is 0.323 e. The van der Waals surface area contributed by atoms with Crippen molar-refractivity contribution in [3.8, 4) is 10.6 Å². The summed E-state index contributed by atoms with van der Waals surface area (Å²) in [4.78, 5) is 14.7. The van der Waals surface area contributed by atoms with Crippen molar-refractivity contribution < 1.29 is 13.2 Å². The molecule has 0 bridgehead atoms. The average molecular weight is 499 g/mol. The van der Waals surface area contributed by atoms with E-state index >= 15 is 0 Å². The molecule has 1 spiro atoms. The second-order valence-electron chi connectivity index (χ2n) is 8.53. The number of aromatic nitrogens is 2. The maximum absolute atomic E-state index is 12.9. The van der Waals surface area contributed by atoms with E-state index in [2.05, 4.69) is 20.2 Å². The minimum absolute atomic E-state index is 0.214. The lowest BCUT2D eigenvalue weighted by molar-refractivity contribution is 0.151. The third kappa shape index (κ3) is 4.15. The van der Waals surface area contributed by atoms with Crippen molar-refractivity contribution >= 4 is 32.7 Å². The topological polar surface area (TPSA) is 108 Å². The zero-order chi connectivity index (χ0) is 23.8. The lowest BCUT2D eigenvalue weighted by Gasteiger charge is -2.39. The van der Waals surface area contributed by atoms with Crippen LogP contribution in [0.2, 0.25) is 0 Å². The van der Waals surface area contributed by atoms with Gasteiger partial charge in [-0.2, -0.15) is 8.42 Å². The van der Waals surface area contributed by atoms with Crippen molar-refractivity contribution in [3.05, 3.63) is 65.9 Å². The first-order valence-electron chi connectivity index (χ1n) is 11.2. The Morgan fingerprint density at radius 2 is 1.91 bits per heavy atom. The first-order chi connectivity index (χ1) is 16.4. The van der Waals surface area contributed by atoms with Gasteiger partial charge in [0.05, 0.1) is 5.70 Å². The maximum atomic E-state index is 12.9. The third-order valence-corrected chi connectivity index (χ3v) is 8.93. The van der Waals surface area contributed by atoms with E-state index in [-0.39, 0.29) is 11.4 Å². The van der Waals surface area contributed by atoms with Crippen LogP contribution in [0.4, 0.5) is 9.93 Å². The molecule has 2 aliphatic heterocycles. The highest BCUT2D eigenvalue weighted by Crippen LogP contribution is 2.50. The molecule has 0 radical (unpaired) electrons. The van der Waals surface area contributed by atoms with Gasteiger partial charge in [0.25, 0.3) is 0 Å². The molecule has 3 aliphatic rings. The van der Waals surface area contributed by atoms with Crippen LogP contribution in [0.25, 0.3) is 10.6 Å². The van der Waals surface area contributed by atoms with E-state index in [1.54, 1.807) is 4.90 Å². The standard InChI is InChI=1S/C23H26N6O3S2/c1-24-34(31,32)29-16-23(18-10-6-3-7-11-19(18)29)12-14-28(15-13-23)22(30)25-21-27-26-20(33-21)17-8-4-2-5-9-17/h2-6,8-11,24H,7,12-16H2,1H3,(H,25,27,30). The van der Waals surface area contributed by atoms with Gasteiger partial charge in [-0.15, -0.1) is 10.2 Å². The van der Waals surface area contributed by atoms with Gasteiger partial charge in [-0.05, 0) is 24.8 Å². The third-order valence-electron chi connectivity index (χ3n) is 6.62. The number of anilines is 1. The fourth-order valence-corrected chi connectivity index (χ4v) is 6.59. The SMILES string of the molecule is CNS(=O)(=O)N1CC2(CCN(C(=O)Nc3nnc(-c4ccccc4)s3)CC2)C2=CC=CCC=C21. The molecule has 0 atom stereocenters. The molecule has 1 aliphatic carbocycles. The van der Waals surface area contributed by atoms with Crippen LogP contribution in [0.3, 0.4) is 0 Å². The fraction of sp³-hybridized carbons (Fsp3) is 0.348. The second-order valence-corrected chi connectivity index (χ2v) is 11.3. The summed E-state index contributed by atoms with van der Waals surface area (Å²) in [5.74, 6) is 0. The van der Waals surface area contributed by atoms with E-state index in [0.717, 1.165) is 21.8 Å². The molecule has 11 heteroatoms. The van der Waals surface area contributed by atoms with E-state index in [4.69, 9.17) is 0 Å².